The molecule has 0 N–H and O–H groups in total. The average Bonchev–Trinajstić information content (AvgIpc) is 3.20. The Hall–Kier alpha value is -1.09. The van der Waals surface area contributed by atoms with E-state index >= 15 is 0 Å². The number of carbonyl (C=O) groups excluding carboxylic acids is 1. The number of aromatic nitrogens is 1. The first-order chi connectivity index (χ1) is 8.54. The normalized spacial score (nSPS) is 15.5. The van der Waals surface area contributed by atoms with E-state index in [-0.39, 0.29) is 5.91 Å². The van der Waals surface area contributed by atoms with Crippen molar-refractivity contribution >= 4 is 17.5 Å². The summed E-state index contributed by atoms with van der Waals surface area (Å²) in [5.41, 5.74) is 0.432. The summed E-state index contributed by atoms with van der Waals surface area (Å²) in [7, 11) is 0. The molecule has 0 spiro atoms. The van der Waals surface area contributed by atoms with Gasteiger partial charge < -0.3 is 4.90 Å². The maximum atomic E-state index is 12.5. The first-order valence-corrected chi connectivity index (χ1v) is 6.85. The third-order valence-electron chi connectivity index (χ3n) is 3.22. The molecule has 3 nitrogen and oxygen atoms in total. The number of hydrogen-bond acceptors (Lipinski definition) is 2. The highest BCUT2D eigenvalue weighted by Crippen LogP contribution is 2.32. The molecule has 4 heteroatoms. The van der Waals surface area contributed by atoms with Crippen LogP contribution in [0, 0.1) is 5.41 Å². The Labute approximate surface area is 113 Å². The van der Waals surface area contributed by atoms with E-state index < -0.39 is 5.41 Å². The van der Waals surface area contributed by atoms with Gasteiger partial charge in [0.2, 0.25) is 5.91 Å². The number of halogens is 1. The Morgan fingerprint density at radius 2 is 2.22 bits per heavy atom. The quantitative estimate of drug-likeness (QED) is 0.768. The van der Waals surface area contributed by atoms with Crippen LogP contribution >= 0.6 is 11.6 Å². The van der Waals surface area contributed by atoms with E-state index in [2.05, 4.69) is 4.98 Å². The molecule has 0 saturated heterocycles. The molecule has 0 aliphatic heterocycles. The molecule has 1 aromatic heterocycles. The van der Waals surface area contributed by atoms with Crippen molar-refractivity contribution in [3.8, 4) is 0 Å². The Morgan fingerprint density at radius 1 is 1.50 bits per heavy atom. The summed E-state index contributed by atoms with van der Waals surface area (Å²) in [6.45, 7) is 4.39. The third-order valence-corrected chi connectivity index (χ3v) is 3.89. The standard InChI is InChI=1S/C14H19ClN2O/c1-14(2,10-15)13(18)17(12-6-7-12)9-11-5-3-4-8-16-11/h3-5,8,12H,6-7,9-10H2,1-2H3. The van der Waals surface area contributed by atoms with Gasteiger partial charge in [0.05, 0.1) is 17.7 Å². The molecule has 1 heterocycles. The van der Waals surface area contributed by atoms with Crippen LogP contribution in [0.15, 0.2) is 24.4 Å². The first-order valence-electron chi connectivity index (χ1n) is 6.31. The summed E-state index contributed by atoms with van der Waals surface area (Å²) in [5, 5.41) is 0. The topological polar surface area (TPSA) is 33.2 Å². The molecule has 98 valence electrons. The molecule has 18 heavy (non-hydrogen) atoms. The fourth-order valence-electron chi connectivity index (χ4n) is 1.87. The predicted molar refractivity (Wildman–Crippen MR) is 72.3 cm³/mol. The lowest BCUT2D eigenvalue weighted by molar-refractivity contribution is -0.140. The zero-order chi connectivity index (χ0) is 13.2. The summed E-state index contributed by atoms with van der Waals surface area (Å²) < 4.78 is 0. The summed E-state index contributed by atoms with van der Waals surface area (Å²) in [4.78, 5) is 18.7. The van der Waals surface area contributed by atoms with Crippen LogP contribution in [0.3, 0.4) is 0 Å². The second-order valence-electron chi connectivity index (χ2n) is 5.50. The fraction of sp³-hybridized carbons (Fsp3) is 0.571. The summed E-state index contributed by atoms with van der Waals surface area (Å²) >= 11 is 5.90. The maximum absolute atomic E-state index is 12.5. The van der Waals surface area contributed by atoms with Crippen molar-refractivity contribution in [2.75, 3.05) is 5.88 Å². The molecule has 1 aliphatic rings. The van der Waals surface area contributed by atoms with Crippen molar-refractivity contribution in [2.24, 2.45) is 5.41 Å². The monoisotopic (exact) mass is 266 g/mol. The van der Waals surface area contributed by atoms with Crippen molar-refractivity contribution in [1.29, 1.82) is 0 Å². The van der Waals surface area contributed by atoms with Crippen LogP contribution in [0.4, 0.5) is 0 Å². The van der Waals surface area contributed by atoms with E-state index in [1.165, 1.54) is 0 Å². The van der Waals surface area contributed by atoms with Gasteiger partial charge in [0.15, 0.2) is 0 Å². The highest BCUT2D eigenvalue weighted by Gasteiger charge is 2.39. The molecule has 1 saturated carbocycles. The van der Waals surface area contributed by atoms with Crippen LogP contribution in [0.25, 0.3) is 0 Å². The molecule has 1 fully saturated rings. The minimum Gasteiger partial charge on any atom is -0.333 e. The van der Waals surface area contributed by atoms with Crippen LogP contribution in [-0.2, 0) is 11.3 Å². The number of amides is 1. The second-order valence-corrected chi connectivity index (χ2v) is 5.77. The van der Waals surface area contributed by atoms with E-state index in [0.29, 0.717) is 18.5 Å². The van der Waals surface area contributed by atoms with Gasteiger partial charge in [-0.2, -0.15) is 0 Å². The van der Waals surface area contributed by atoms with Crippen molar-refractivity contribution in [3.05, 3.63) is 30.1 Å². The van der Waals surface area contributed by atoms with Gasteiger partial charge in [0.1, 0.15) is 0 Å². The molecular weight excluding hydrogens is 248 g/mol. The van der Waals surface area contributed by atoms with E-state index in [0.717, 1.165) is 18.5 Å². The zero-order valence-corrected chi connectivity index (χ0v) is 11.7. The second kappa shape index (κ2) is 5.27. The van der Waals surface area contributed by atoms with Crippen LogP contribution in [0.5, 0.6) is 0 Å². The van der Waals surface area contributed by atoms with Crippen LogP contribution < -0.4 is 0 Å². The van der Waals surface area contributed by atoms with E-state index in [1.54, 1.807) is 6.20 Å². The van der Waals surface area contributed by atoms with Gasteiger partial charge in [-0.3, -0.25) is 9.78 Å². The number of alkyl halides is 1. The van der Waals surface area contributed by atoms with Gasteiger partial charge in [-0.1, -0.05) is 6.07 Å². The van der Waals surface area contributed by atoms with Gasteiger partial charge in [0.25, 0.3) is 0 Å². The molecule has 0 radical (unpaired) electrons. The molecule has 2 rings (SSSR count). The smallest absolute Gasteiger partial charge is 0.230 e. The van der Waals surface area contributed by atoms with Crippen molar-refractivity contribution in [3.63, 3.8) is 0 Å². The minimum absolute atomic E-state index is 0.130. The molecule has 1 aliphatic carbocycles. The maximum Gasteiger partial charge on any atom is 0.230 e. The van der Waals surface area contributed by atoms with Crippen LogP contribution in [0.2, 0.25) is 0 Å². The minimum atomic E-state index is -0.501. The Morgan fingerprint density at radius 3 is 2.72 bits per heavy atom. The average molecular weight is 267 g/mol. The van der Waals surface area contributed by atoms with E-state index in [4.69, 9.17) is 11.6 Å². The SMILES string of the molecule is CC(C)(CCl)C(=O)N(Cc1ccccn1)C1CC1. The highest BCUT2D eigenvalue weighted by molar-refractivity contribution is 6.19. The number of pyridine rings is 1. The van der Waals surface area contributed by atoms with E-state index in [1.807, 2.05) is 36.9 Å². The van der Waals surface area contributed by atoms with Crippen molar-refractivity contribution in [1.82, 2.24) is 9.88 Å². The summed E-state index contributed by atoms with van der Waals surface area (Å²) in [6.07, 6.45) is 3.95. The highest BCUT2D eigenvalue weighted by atomic mass is 35.5. The molecular formula is C14H19ClN2O. The largest absolute Gasteiger partial charge is 0.333 e. The lowest BCUT2D eigenvalue weighted by Gasteiger charge is -2.30. The van der Waals surface area contributed by atoms with Crippen LogP contribution in [0.1, 0.15) is 32.4 Å². The van der Waals surface area contributed by atoms with Crippen molar-refractivity contribution < 1.29 is 4.79 Å². The fourth-order valence-corrected chi connectivity index (χ4v) is 1.98. The van der Waals surface area contributed by atoms with Gasteiger partial charge in [0, 0.05) is 18.1 Å². The number of carbonyl (C=O) groups is 1. The summed E-state index contributed by atoms with van der Waals surface area (Å²) in [6, 6.07) is 6.16. The molecule has 0 aromatic carbocycles. The number of nitrogens with zero attached hydrogens (tertiary/aromatic N) is 2. The molecule has 0 unspecified atom stereocenters. The first kappa shape index (κ1) is 13.3. The Kier molecular flexibility index (Phi) is 3.91. The summed E-state index contributed by atoms with van der Waals surface area (Å²) in [5.74, 6) is 0.475. The third kappa shape index (κ3) is 3.02. The lowest BCUT2D eigenvalue weighted by Crippen LogP contribution is -2.42. The molecule has 1 amide bonds. The van der Waals surface area contributed by atoms with E-state index in [9.17, 15) is 4.79 Å². The Bertz CT molecular complexity index is 415. The van der Waals surface area contributed by atoms with Gasteiger partial charge in [-0.15, -0.1) is 11.6 Å². The number of rotatable bonds is 5. The Balaban J connectivity index is 2.12. The van der Waals surface area contributed by atoms with Gasteiger partial charge >= 0.3 is 0 Å². The predicted octanol–water partition coefficient (Wildman–Crippen LogP) is 2.84. The molecule has 0 bridgehead atoms. The van der Waals surface area contributed by atoms with Gasteiger partial charge in [-0.05, 0) is 38.8 Å². The van der Waals surface area contributed by atoms with Crippen molar-refractivity contribution in [2.45, 2.75) is 39.3 Å². The number of hydrogen-bond donors (Lipinski definition) is 0. The van der Waals surface area contributed by atoms with Gasteiger partial charge in [-0.25, -0.2) is 0 Å². The lowest BCUT2D eigenvalue weighted by atomic mass is 9.94. The molecule has 0 atom stereocenters. The zero-order valence-electron chi connectivity index (χ0n) is 10.9. The van der Waals surface area contributed by atoms with Crippen LogP contribution in [-0.4, -0.2) is 27.7 Å². The molecule has 1 aromatic rings.